The Morgan fingerprint density at radius 2 is 2.00 bits per heavy atom. The number of aldehydes is 1. The van der Waals surface area contributed by atoms with Crippen molar-refractivity contribution in [3.63, 3.8) is 0 Å². The van der Waals surface area contributed by atoms with Gasteiger partial charge in [-0.15, -0.1) is 0 Å². The molecule has 1 aromatic carbocycles. The predicted octanol–water partition coefficient (Wildman–Crippen LogP) is 2.91. The minimum Gasteiger partial charge on any atom is -0.478 e. The topological polar surface area (TPSA) is 61.8 Å². The third-order valence-electron chi connectivity index (χ3n) is 2.16. The van der Waals surface area contributed by atoms with Crippen molar-refractivity contribution in [1.82, 2.24) is 0 Å². The van der Waals surface area contributed by atoms with Gasteiger partial charge in [-0.25, -0.2) is 9.18 Å². The number of hydrogen-bond acceptors (Lipinski definition) is 5. The van der Waals surface area contributed by atoms with Crippen molar-refractivity contribution >= 4 is 12.3 Å². The molecule has 0 saturated carbocycles. The lowest BCUT2D eigenvalue weighted by Crippen LogP contribution is -2.27. The summed E-state index contributed by atoms with van der Waals surface area (Å²) in [5.41, 5.74) is -0.300. The molecule has 1 unspecified atom stereocenters. The van der Waals surface area contributed by atoms with Crippen LogP contribution in [0, 0.1) is 0 Å². The van der Waals surface area contributed by atoms with E-state index in [-0.39, 0.29) is 18.1 Å². The van der Waals surface area contributed by atoms with E-state index >= 15 is 0 Å². The Balaban J connectivity index is 2.80. The summed E-state index contributed by atoms with van der Waals surface area (Å²) in [5, 5.41) is 0. The summed E-state index contributed by atoms with van der Waals surface area (Å²) in [6, 6.07) is 4.24. The van der Waals surface area contributed by atoms with E-state index in [4.69, 9.17) is 14.2 Å². The van der Waals surface area contributed by atoms with Crippen molar-refractivity contribution < 1.29 is 28.2 Å². The summed E-state index contributed by atoms with van der Waals surface area (Å²) in [6.45, 7) is 6.05. The van der Waals surface area contributed by atoms with E-state index in [0.717, 1.165) is 0 Å². The summed E-state index contributed by atoms with van der Waals surface area (Å²) in [6.07, 6.45) is -0.931. The minimum atomic E-state index is -1.55. The van der Waals surface area contributed by atoms with Gasteiger partial charge in [-0.05, 0) is 39.0 Å². The van der Waals surface area contributed by atoms with Crippen molar-refractivity contribution in [3.8, 4) is 11.5 Å². The highest BCUT2D eigenvalue weighted by Crippen LogP contribution is 2.29. The van der Waals surface area contributed by atoms with Crippen molar-refractivity contribution in [1.29, 1.82) is 0 Å². The zero-order chi connectivity index (χ0) is 16.0. The Labute approximate surface area is 123 Å². The molecule has 6 heteroatoms. The van der Waals surface area contributed by atoms with E-state index in [1.807, 2.05) is 0 Å². The molecule has 0 aliphatic carbocycles. The van der Waals surface area contributed by atoms with E-state index in [9.17, 15) is 14.0 Å². The molecule has 116 valence electrons. The fourth-order valence-electron chi connectivity index (χ4n) is 1.49. The number of benzene rings is 1. The van der Waals surface area contributed by atoms with Gasteiger partial charge >= 0.3 is 5.97 Å². The van der Waals surface area contributed by atoms with Gasteiger partial charge in [-0.3, -0.25) is 4.79 Å². The molecule has 21 heavy (non-hydrogen) atoms. The van der Waals surface area contributed by atoms with Crippen LogP contribution in [0.2, 0.25) is 0 Å². The van der Waals surface area contributed by atoms with Gasteiger partial charge in [0.1, 0.15) is 11.9 Å². The van der Waals surface area contributed by atoms with Crippen LogP contribution < -0.4 is 9.47 Å². The van der Waals surface area contributed by atoms with Gasteiger partial charge in [-0.1, -0.05) is 0 Å². The van der Waals surface area contributed by atoms with Crippen molar-refractivity contribution in [2.24, 2.45) is 0 Å². The zero-order valence-electron chi connectivity index (χ0n) is 12.5. The van der Waals surface area contributed by atoms with Gasteiger partial charge in [0.15, 0.2) is 18.1 Å². The van der Waals surface area contributed by atoms with Gasteiger partial charge in [0.05, 0.1) is 0 Å². The first kappa shape index (κ1) is 16.9. The molecule has 5 nitrogen and oxygen atoms in total. The molecule has 0 aliphatic heterocycles. The van der Waals surface area contributed by atoms with Crippen molar-refractivity contribution in [2.75, 3.05) is 6.61 Å². The Morgan fingerprint density at radius 1 is 1.33 bits per heavy atom. The van der Waals surface area contributed by atoms with E-state index in [1.165, 1.54) is 25.1 Å². The lowest BCUT2D eigenvalue weighted by atomic mass is 10.2. The molecule has 1 atom stereocenters. The molecule has 1 aromatic rings. The number of carbonyl (C=O) groups excluding carboxylic acids is 2. The summed E-state index contributed by atoms with van der Waals surface area (Å²) in [4.78, 5) is 22.3. The van der Waals surface area contributed by atoms with Crippen LogP contribution in [0.5, 0.6) is 11.5 Å². The van der Waals surface area contributed by atoms with Gasteiger partial charge < -0.3 is 14.2 Å². The molecule has 0 radical (unpaired) electrons. The number of carbonyl (C=O) groups is 2. The number of alkyl halides is 1. The van der Waals surface area contributed by atoms with Crippen molar-refractivity contribution in [2.45, 2.75) is 39.7 Å². The van der Waals surface area contributed by atoms with Crippen LogP contribution in [0.15, 0.2) is 18.2 Å². The van der Waals surface area contributed by atoms with Crippen LogP contribution in [-0.4, -0.2) is 30.8 Å². The van der Waals surface area contributed by atoms with Gasteiger partial charge in [0, 0.05) is 12.5 Å². The van der Waals surface area contributed by atoms with E-state index in [0.29, 0.717) is 11.8 Å². The highest BCUT2D eigenvalue weighted by atomic mass is 19.1. The number of hydrogen-bond donors (Lipinski definition) is 0. The molecule has 1 rings (SSSR count). The maximum Gasteiger partial charge on any atom is 0.344 e. The monoisotopic (exact) mass is 298 g/mol. The third-order valence-corrected chi connectivity index (χ3v) is 2.16. The summed E-state index contributed by atoms with van der Waals surface area (Å²) in [5.74, 6) is -0.354. The second kappa shape index (κ2) is 7.06. The molecular formula is C15H19FO5. The Morgan fingerprint density at radius 3 is 2.52 bits per heavy atom. The second-order valence-corrected chi connectivity index (χ2v) is 5.36. The SMILES string of the molecule is CC(F)Oc1ccc(C=O)cc1OCC(=O)OC(C)(C)C. The van der Waals surface area contributed by atoms with E-state index < -0.39 is 17.9 Å². The van der Waals surface area contributed by atoms with Gasteiger partial charge in [0.25, 0.3) is 0 Å². The summed E-state index contributed by atoms with van der Waals surface area (Å²) < 4.78 is 28.2. The second-order valence-electron chi connectivity index (χ2n) is 5.36. The lowest BCUT2D eigenvalue weighted by molar-refractivity contribution is -0.157. The van der Waals surface area contributed by atoms with Gasteiger partial charge in [0.2, 0.25) is 6.36 Å². The standard InChI is InChI=1S/C15H19FO5/c1-10(16)20-12-6-5-11(8-17)7-13(12)19-9-14(18)21-15(2,3)4/h5-8,10H,9H2,1-4H3. The molecule has 0 fully saturated rings. The summed E-state index contributed by atoms with van der Waals surface area (Å²) >= 11 is 0. The molecule has 0 saturated heterocycles. The maximum atomic E-state index is 12.9. The maximum absolute atomic E-state index is 12.9. The highest BCUT2D eigenvalue weighted by molar-refractivity contribution is 5.76. The zero-order valence-corrected chi connectivity index (χ0v) is 12.5. The first-order chi connectivity index (χ1) is 9.71. The number of rotatable bonds is 6. The normalized spacial score (nSPS) is 12.4. The molecule has 0 spiro atoms. The average molecular weight is 298 g/mol. The number of esters is 1. The molecule has 0 aromatic heterocycles. The van der Waals surface area contributed by atoms with E-state index in [2.05, 4.69) is 0 Å². The smallest absolute Gasteiger partial charge is 0.344 e. The van der Waals surface area contributed by atoms with Crippen LogP contribution >= 0.6 is 0 Å². The fourth-order valence-corrected chi connectivity index (χ4v) is 1.49. The average Bonchev–Trinajstić information content (AvgIpc) is 2.35. The van der Waals surface area contributed by atoms with Crippen molar-refractivity contribution in [3.05, 3.63) is 23.8 Å². The number of halogens is 1. The largest absolute Gasteiger partial charge is 0.478 e. The quantitative estimate of drug-likeness (QED) is 0.597. The van der Waals surface area contributed by atoms with Crippen LogP contribution in [0.1, 0.15) is 38.1 Å². The molecular weight excluding hydrogens is 279 g/mol. The first-order valence-corrected chi connectivity index (χ1v) is 6.46. The summed E-state index contributed by atoms with van der Waals surface area (Å²) in [7, 11) is 0. The fraction of sp³-hybridized carbons (Fsp3) is 0.467. The Kier molecular flexibility index (Phi) is 5.69. The third kappa shape index (κ3) is 6.25. The van der Waals surface area contributed by atoms with E-state index in [1.54, 1.807) is 20.8 Å². The number of ether oxygens (including phenoxy) is 3. The van der Waals surface area contributed by atoms with Crippen LogP contribution in [0.25, 0.3) is 0 Å². The highest BCUT2D eigenvalue weighted by Gasteiger charge is 2.18. The minimum absolute atomic E-state index is 0.106. The van der Waals surface area contributed by atoms with Crippen LogP contribution in [0.3, 0.4) is 0 Å². The van der Waals surface area contributed by atoms with Crippen LogP contribution in [0.4, 0.5) is 4.39 Å². The molecule has 0 N–H and O–H groups in total. The molecule has 0 heterocycles. The predicted molar refractivity (Wildman–Crippen MR) is 74.4 cm³/mol. The first-order valence-electron chi connectivity index (χ1n) is 6.46. The van der Waals surface area contributed by atoms with Gasteiger partial charge in [-0.2, -0.15) is 0 Å². The Hall–Kier alpha value is -2.11. The molecule has 0 aliphatic rings. The molecule has 0 bridgehead atoms. The van der Waals surface area contributed by atoms with Crippen LogP contribution in [-0.2, 0) is 9.53 Å². The molecule has 0 amide bonds. The Bertz CT molecular complexity index is 505. The lowest BCUT2D eigenvalue weighted by Gasteiger charge is -2.20.